The minimum atomic E-state index is -0.431. The Kier molecular flexibility index (Phi) is 6.24. The molecule has 4 N–H and O–H groups in total. The minimum Gasteiger partial charge on any atom is -0.338 e. The molecule has 110 valence electrons. The van der Waals surface area contributed by atoms with Gasteiger partial charge >= 0.3 is 6.03 Å². The molecule has 3 unspecified atom stereocenters. The van der Waals surface area contributed by atoms with Crippen molar-refractivity contribution in [2.24, 2.45) is 11.7 Å². The number of carbonyl (C=O) groups is 2. The molecule has 0 bridgehead atoms. The lowest BCUT2D eigenvalue weighted by Gasteiger charge is -2.40. The van der Waals surface area contributed by atoms with Crippen molar-refractivity contribution in [3.8, 4) is 0 Å². The van der Waals surface area contributed by atoms with Crippen LogP contribution in [0.2, 0.25) is 0 Å². The summed E-state index contributed by atoms with van der Waals surface area (Å²) < 4.78 is 0. The molecule has 0 aliphatic carbocycles. The molecule has 1 aliphatic rings. The van der Waals surface area contributed by atoms with E-state index in [2.05, 4.69) is 22.5 Å². The summed E-state index contributed by atoms with van der Waals surface area (Å²) >= 11 is 0. The van der Waals surface area contributed by atoms with Gasteiger partial charge in [0.1, 0.15) is 0 Å². The van der Waals surface area contributed by atoms with Gasteiger partial charge in [-0.1, -0.05) is 0 Å². The number of hydrogen-bond donors (Lipinski definition) is 3. The van der Waals surface area contributed by atoms with E-state index in [1.54, 1.807) is 0 Å². The highest BCUT2D eigenvalue weighted by molar-refractivity contribution is 5.96. The number of nitrogens with one attached hydrogen (secondary N) is 2. The Morgan fingerprint density at radius 2 is 2.11 bits per heavy atom. The number of carbonyl (C=O) groups excluding carboxylic acids is 2. The van der Waals surface area contributed by atoms with Gasteiger partial charge < -0.3 is 11.1 Å². The standard InChI is InChI=1S/C13H26N4O2/c1-4-15-13(19)16-12(18)10(3)17-8-11(7-14)6-5-9(17)2/h9-11H,4-8,14H2,1-3H3,(H2,15,16,18,19). The molecule has 3 atom stereocenters. The molecular weight excluding hydrogens is 244 g/mol. The van der Waals surface area contributed by atoms with Gasteiger partial charge in [-0.3, -0.25) is 15.0 Å². The normalized spacial score (nSPS) is 25.7. The van der Waals surface area contributed by atoms with E-state index < -0.39 is 6.03 Å². The maximum atomic E-state index is 12.0. The Balaban J connectivity index is 2.56. The highest BCUT2D eigenvalue weighted by Crippen LogP contribution is 2.23. The number of imide groups is 1. The van der Waals surface area contributed by atoms with Crippen LogP contribution in [0.5, 0.6) is 0 Å². The second-order valence-corrected chi connectivity index (χ2v) is 5.25. The fourth-order valence-corrected chi connectivity index (χ4v) is 2.52. The van der Waals surface area contributed by atoms with Crippen LogP contribution in [-0.2, 0) is 4.79 Å². The first kappa shape index (κ1) is 15.9. The molecule has 19 heavy (non-hydrogen) atoms. The molecule has 0 radical (unpaired) electrons. The summed E-state index contributed by atoms with van der Waals surface area (Å²) in [6.07, 6.45) is 2.15. The van der Waals surface area contributed by atoms with E-state index in [-0.39, 0.29) is 11.9 Å². The van der Waals surface area contributed by atoms with E-state index in [1.807, 2.05) is 13.8 Å². The van der Waals surface area contributed by atoms with Crippen LogP contribution in [0, 0.1) is 5.92 Å². The van der Waals surface area contributed by atoms with Crippen molar-refractivity contribution in [3.05, 3.63) is 0 Å². The second-order valence-electron chi connectivity index (χ2n) is 5.25. The molecule has 1 fully saturated rings. The molecule has 1 heterocycles. The number of nitrogens with zero attached hydrogens (tertiary/aromatic N) is 1. The third kappa shape index (κ3) is 4.47. The van der Waals surface area contributed by atoms with Gasteiger partial charge in [0.25, 0.3) is 0 Å². The van der Waals surface area contributed by atoms with E-state index in [0.29, 0.717) is 25.0 Å². The number of hydrogen-bond acceptors (Lipinski definition) is 4. The average molecular weight is 270 g/mol. The molecule has 3 amide bonds. The summed E-state index contributed by atoms with van der Waals surface area (Å²) in [4.78, 5) is 25.5. The summed E-state index contributed by atoms with van der Waals surface area (Å²) in [5.41, 5.74) is 5.72. The zero-order chi connectivity index (χ0) is 14.4. The Morgan fingerprint density at radius 1 is 1.42 bits per heavy atom. The lowest BCUT2D eigenvalue weighted by molar-refractivity contribution is -0.126. The quantitative estimate of drug-likeness (QED) is 0.685. The summed E-state index contributed by atoms with van der Waals surface area (Å²) in [6.45, 7) is 7.73. The molecule has 0 aromatic rings. The maximum absolute atomic E-state index is 12.0. The Labute approximate surface area is 115 Å². The molecule has 0 spiro atoms. The number of rotatable bonds is 4. The molecule has 1 rings (SSSR count). The third-order valence-electron chi connectivity index (χ3n) is 3.81. The Morgan fingerprint density at radius 3 is 2.68 bits per heavy atom. The fraction of sp³-hybridized carbons (Fsp3) is 0.846. The summed E-state index contributed by atoms with van der Waals surface area (Å²) in [5, 5.41) is 4.93. The molecule has 0 aromatic carbocycles. The van der Waals surface area contributed by atoms with Gasteiger partial charge in [-0.15, -0.1) is 0 Å². The minimum absolute atomic E-state index is 0.254. The van der Waals surface area contributed by atoms with Crippen LogP contribution in [-0.4, -0.2) is 48.6 Å². The van der Waals surface area contributed by atoms with Crippen molar-refractivity contribution < 1.29 is 9.59 Å². The van der Waals surface area contributed by atoms with Crippen molar-refractivity contribution in [1.29, 1.82) is 0 Å². The van der Waals surface area contributed by atoms with Crippen LogP contribution < -0.4 is 16.4 Å². The van der Waals surface area contributed by atoms with Gasteiger partial charge in [0.2, 0.25) is 5.91 Å². The molecule has 6 nitrogen and oxygen atoms in total. The zero-order valence-electron chi connectivity index (χ0n) is 12.1. The maximum Gasteiger partial charge on any atom is 0.321 e. The molecule has 0 aromatic heterocycles. The summed E-state index contributed by atoms with van der Waals surface area (Å²) in [7, 11) is 0. The summed E-state index contributed by atoms with van der Waals surface area (Å²) in [5.74, 6) is 0.186. The molecule has 1 aliphatic heterocycles. The van der Waals surface area contributed by atoms with Crippen LogP contribution in [0.3, 0.4) is 0 Å². The van der Waals surface area contributed by atoms with Crippen LogP contribution in [0.1, 0.15) is 33.6 Å². The van der Waals surface area contributed by atoms with Crippen molar-refractivity contribution in [3.63, 3.8) is 0 Å². The monoisotopic (exact) mass is 270 g/mol. The largest absolute Gasteiger partial charge is 0.338 e. The SMILES string of the molecule is CCNC(=O)NC(=O)C(C)N1CC(CN)CCC1C. The van der Waals surface area contributed by atoms with Gasteiger partial charge in [0.15, 0.2) is 0 Å². The number of likely N-dealkylation sites (tertiary alicyclic amines) is 1. The molecule has 6 heteroatoms. The number of piperidine rings is 1. The van der Waals surface area contributed by atoms with Gasteiger partial charge in [0.05, 0.1) is 6.04 Å². The number of nitrogens with two attached hydrogens (primary N) is 1. The van der Waals surface area contributed by atoms with E-state index in [0.717, 1.165) is 19.4 Å². The number of urea groups is 1. The third-order valence-corrected chi connectivity index (χ3v) is 3.81. The molecule has 1 saturated heterocycles. The van der Waals surface area contributed by atoms with Crippen LogP contribution in [0.25, 0.3) is 0 Å². The smallest absolute Gasteiger partial charge is 0.321 e. The van der Waals surface area contributed by atoms with Crippen LogP contribution in [0.4, 0.5) is 4.79 Å². The van der Waals surface area contributed by atoms with Crippen molar-refractivity contribution in [1.82, 2.24) is 15.5 Å². The van der Waals surface area contributed by atoms with E-state index in [1.165, 1.54) is 0 Å². The average Bonchev–Trinajstić information content (AvgIpc) is 2.38. The van der Waals surface area contributed by atoms with E-state index in [9.17, 15) is 9.59 Å². The topological polar surface area (TPSA) is 87.5 Å². The highest BCUT2D eigenvalue weighted by atomic mass is 16.2. The first-order chi connectivity index (χ1) is 8.99. The van der Waals surface area contributed by atoms with Crippen molar-refractivity contribution in [2.75, 3.05) is 19.6 Å². The molecular formula is C13H26N4O2. The first-order valence-corrected chi connectivity index (χ1v) is 7.04. The summed E-state index contributed by atoms with van der Waals surface area (Å²) in [6, 6.07) is -0.399. The second kappa shape index (κ2) is 7.45. The van der Waals surface area contributed by atoms with E-state index >= 15 is 0 Å². The first-order valence-electron chi connectivity index (χ1n) is 7.04. The van der Waals surface area contributed by atoms with Crippen LogP contribution >= 0.6 is 0 Å². The predicted molar refractivity (Wildman–Crippen MR) is 74.6 cm³/mol. The highest BCUT2D eigenvalue weighted by Gasteiger charge is 2.31. The predicted octanol–water partition coefficient (Wildman–Crippen LogP) is 0.280. The van der Waals surface area contributed by atoms with Gasteiger partial charge in [-0.05, 0) is 46.1 Å². The number of amides is 3. The lowest BCUT2D eigenvalue weighted by Crippen LogP contribution is -2.55. The Bertz CT molecular complexity index is 322. The van der Waals surface area contributed by atoms with Crippen LogP contribution in [0.15, 0.2) is 0 Å². The fourth-order valence-electron chi connectivity index (χ4n) is 2.52. The van der Waals surface area contributed by atoms with Gasteiger partial charge in [0, 0.05) is 19.1 Å². The Hall–Kier alpha value is -1.14. The van der Waals surface area contributed by atoms with Crippen molar-refractivity contribution >= 4 is 11.9 Å². The molecule has 0 saturated carbocycles. The lowest BCUT2D eigenvalue weighted by atomic mass is 9.92. The van der Waals surface area contributed by atoms with Gasteiger partial charge in [-0.25, -0.2) is 4.79 Å². The van der Waals surface area contributed by atoms with Crippen molar-refractivity contribution in [2.45, 2.75) is 45.7 Å². The zero-order valence-corrected chi connectivity index (χ0v) is 12.1. The van der Waals surface area contributed by atoms with E-state index in [4.69, 9.17) is 5.73 Å². The van der Waals surface area contributed by atoms with Gasteiger partial charge in [-0.2, -0.15) is 0 Å².